The number of hydrogen-bond donors (Lipinski definition) is 0. The molecule has 0 atom stereocenters. The Hall–Kier alpha value is -1.49. The van der Waals surface area contributed by atoms with Crippen LogP contribution in [0.25, 0.3) is 0 Å². The van der Waals surface area contributed by atoms with Gasteiger partial charge in [-0.3, -0.25) is 9.89 Å². The van der Waals surface area contributed by atoms with Crippen molar-refractivity contribution in [3.63, 3.8) is 0 Å². The first-order valence-corrected chi connectivity index (χ1v) is 7.37. The topological polar surface area (TPSA) is 41.9 Å². The van der Waals surface area contributed by atoms with Crippen molar-refractivity contribution in [2.75, 3.05) is 19.7 Å². The first-order valence-electron chi connectivity index (χ1n) is 6.38. The van der Waals surface area contributed by atoms with E-state index in [1.807, 2.05) is 19.1 Å². The second kappa shape index (κ2) is 6.61. The Morgan fingerprint density at radius 2 is 2.26 bits per heavy atom. The molecule has 5 heteroatoms. The highest BCUT2D eigenvalue weighted by Crippen LogP contribution is 2.21. The summed E-state index contributed by atoms with van der Waals surface area (Å²) in [5, 5.41) is 0.765. The van der Waals surface area contributed by atoms with Gasteiger partial charge in [-0.2, -0.15) is 0 Å². The van der Waals surface area contributed by atoms with Crippen LogP contribution in [0, 0.1) is 6.92 Å². The number of aliphatic imine (C=N–C) groups is 1. The Balaban J connectivity index is 1.95. The van der Waals surface area contributed by atoms with Gasteiger partial charge in [0.05, 0.1) is 19.7 Å². The van der Waals surface area contributed by atoms with Gasteiger partial charge < -0.3 is 4.74 Å². The summed E-state index contributed by atoms with van der Waals surface area (Å²) in [6, 6.07) is 8.26. The van der Waals surface area contributed by atoms with Crippen LogP contribution in [0.5, 0.6) is 0 Å². The van der Waals surface area contributed by atoms with Crippen molar-refractivity contribution in [3.05, 3.63) is 35.4 Å². The maximum absolute atomic E-state index is 11.7. The molecule has 0 aliphatic carbocycles. The van der Waals surface area contributed by atoms with Gasteiger partial charge in [-0.15, -0.1) is 0 Å². The SMILES string of the molecule is CCOC(=O)N1CCN=C1SCc1ccccc1C. The summed E-state index contributed by atoms with van der Waals surface area (Å²) in [6.45, 7) is 5.58. The van der Waals surface area contributed by atoms with Crippen LogP contribution in [-0.4, -0.2) is 35.9 Å². The van der Waals surface area contributed by atoms with Gasteiger partial charge in [-0.05, 0) is 25.0 Å². The zero-order chi connectivity index (χ0) is 13.7. The lowest BCUT2D eigenvalue weighted by Gasteiger charge is -2.17. The summed E-state index contributed by atoms with van der Waals surface area (Å²) in [5.41, 5.74) is 2.53. The van der Waals surface area contributed by atoms with Crippen LogP contribution in [0.15, 0.2) is 29.3 Å². The van der Waals surface area contributed by atoms with Gasteiger partial charge in [-0.25, -0.2) is 4.79 Å². The van der Waals surface area contributed by atoms with Crippen molar-refractivity contribution in [1.82, 2.24) is 4.90 Å². The largest absolute Gasteiger partial charge is 0.449 e. The molecule has 0 bridgehead atoms. The number of amides is 1. The van der Waals surface area contributed by atoms with Gasteiger partial charge in [0, 0.05) is 5.75 Å². The molecule has 19 heavy (non-hydrogen) atoms. The molecule has 0 radical (unpaired) electrons. The molecule has 1 aromatic rings. The lowest BCUT2D eigenvalue weighted by Crippen LogP contribution is -2.33. The molecule has 1 aliphatic heterocycles. The van der Waals surface area contributed by atoms with Gasteiger partial charge in [-0.1, -0.05) is 36.0 Å². The summed E-state index contributed by atoms with van der Waals surface area (Å²) in [7, 11) is 0. The molecule has 2 rings (SSSR count). The van der Waals surface area contributed by atoms with E-state index < -0.39 is 0 Å². The molecular formula is C14H18N2O2S. The van der Waals surface area contributed by atoms with E-state index in [9.17, 15) is 4.79 Å². The normalized spacial score (nSPS) is 14.4. The quantitative estimate of drug-likeness (QED) is 0.853. The van der Waals surface area contributed by atoms with Crippen molar-refractivity contribution >= 4 is 23.0 Å². The minimum Gasteiger partial charge on any atom is -0.449 e. The molecule has 1 aromatic carbocycles. The Labute approximate surface area is 117 Å². The van der Waals surface area contributed by atoms with Crippen molar-refractivity contribution in [1.29, 1.82) is 0 Å². The van der Waals surface area contributed by atoms with Crippen LogP contribution in [0.3, 0.4) is 0 Å². The average molecular weight is 278 g/mol. The zero-order valence-corrected chi connectivity index (χ0v) is 12.1. The fraction of sp³-hybridized carbons (Fsp3) is 0.429. The van der Waals surface area contributed by atoms with E-state index in [2.05, 4.69) is 24.0 Å². The van der Waals surface area contributed by atoms with E-state index in [0.717, 1.165) is 10.9 Å². The van der Waals surface area contributed by atoms with Crippen LogP contribution in [0.4, 0.5) is 4.79 Å². The van der Waals surface area contributed by atoms with Gasteiger partial charge in [0.1, 0.15) is 0 Å². The van der Waals surface area contributed by atoms with Crippen LogP contribution < -0.4 is 0 Å². The van der Waals surface area contributed by atoms with Gasteiger partial charge in [0.15, 0.2) is 5.17 Å². The number of rotatable bonds is 3. The highest BCUT2D eigenvalue weighted by Gasteiger charge is 2.25. The molecule has 0 N–H and O–H groups in total. The average Bonchev–Trinajstić information content (AvgIpc) is 2.86. The number of benzene rings is 1. The van der Waals surface area contributed by atoms with E-state index in [1.165, 1.54) is 11.1 Å². The molecule has 1 amide bonds. The number of nitrogens with zero attached hydrogens (tertiary/aromatic N) is 2. The lowest BCUT2D eigenvalue weighted by molar-refractivity contribution is 0.131. The molecule has 0 spiro atoms. The summed E-state index contributed by atoms with van der Waals surface area (Å²) >= 11 is 1.59. The Morgan fingerprint density at radius 1 is 1.47 bits per heavy atom. The maximum Gasteiger partial charge on any atom is 0.415 e. The van der Waals surface area contributed by atoms with Crippen molar-refractivity contribution in [2.24, 2.45) is 4.99 Å². The van der Waals surface area contributed by atoms with Crippen molar-refractivity contribution in [2.45, 2.75) is 19.6 Å². The number of aryl methyl sites for hydroxylation is 1. The number of hydrogen-bond acceptors (Lipinski definition) is 4. The summed E-state index contributed by atoms with van der Waals surface area (Å²) in [6.07, 6.45) is -0.295. The second-order valence-corrected chi connectivity index (χ2v) is 5.17. The van der Waals surface area contributed by atoms with Crippen LogP contribution in [0.2, 0.25) is 0 Å². The van der Waals surface area contributed by atoms with Crippen molar-refractivity contribution in [3.8, 4) is 0 Å². The predicted octanol–water partition coefficient (Wildman–Crippen LogP) is 3.06. The molecule has 1 heterocycles. The van der Waals surface area contributed by atoms with E-state index in [-0.39, 0.29) is 6.09 Å². The minimum absolute atomic E-state index is 0.295. The number of amidine groups is 1. The van der Waals surface area contributed by atoms with E-state index in [1.54, 1.807) is 16.7 Å². The molecule has 0 aromatic heterocycles. The predicted molar refractivity (Wildman–Crippen MR) is 78.5 cm³/mol. The van der Waals surface area contributed by atoms with E-state index in [0.29, 0.717) is 19.7 Å². The number of thioether (sulfide) groups is 1. The Kier molecular flexibility index (Phi) is 4.85. The first kappa shape index (κ1) is 13.9. The summed E-state index contributed by atoms with van der Waals surface area (Å²) in [4.78, 5) is 17.7. The molecule has 0 fully saturated rings. The smallest absolute Gasteiger partial charge is 0.415 e. The molecule has 0 saturated heterocycles. The summed E-state index contributed by atoms with van der Waals surface area (Å²) in [5.74, 6) is 0.821. The van der Waals surface area contributed by atoms with Crippen LogP contribution in [-0.2, 0) is 10.5 Å². The Morgan fingerprint density at radius 3 is 3.00 bits per heavy atom. The number of ether oxygens (including phenoxy) is 1. The molecule has 0 unspecified atom stereocenters. The standard InChI is InChI=1S/C14H18N2O2S/c1-3-18-14(17)16-9-8-15-13(16)19-10-12-7-5-4-6-11(12)2/h4-7H,3,8-10H2,1-2H3. The summed E-state index contributed by atoms with van der Waals surface area (Å²) < 4.78 is 5.02. The number of carbonyl (C=O) groups is 1. The third-order valence-corrected chi connectivity index (χ3v) is 3.97. The second-order valence-electron chi connectivity index (χ2n) is 4.23. The third-order valence-electron chi connectivity index (χ3n) is 2.91. The fourth-order valence-corrected chi connectivity index (χ4v) is 2.95. The highest BCUT2D eigenvalue weighted by molar-refractivity contribution is 8.13. The molecule has 1 aliphatic rings. The van der Waals surface area contributed by atoms with Crippen LogP contribution in [0.1, 0.15) is 18.1 Å². The van der Waals surface area contributed by atoms with E-state index >= 15 is 0 Å². The van der Waals surface area contributed by atoms with Gasteiger partial charge in [0.2, 0.25) is 0 Å². The molecular weight excluding hydrogens is 260 g/mol. The zero-order valence-electron chi connectivity index (χ0n) is 11.3. The van der Waals surface area contributed by atoms with Gasteiger partial charge >= 0.3 is 6.09 Å². The monoisotopic (exact) mass is 278 g/mol. The van der Waals surface area contributed by atoms with Gasteiger partial charge in [0.25, 0.3) is 0 Å². The maximum atomic E-state index is 11.7. The fourth-order valence-electron chi connectivity index (χ4n) is 1.84. The lowest BCUT2D eigenvalue weighted by atomic mass is 10.1. The molecule has 102 valence electrons. The third kappa shape index (κ3) is 3.50. The first-order chi connectivity index (χ1) is 9.22. The molecule has 0 saturated carbocycles. The highest BCUT2D eigenvalue weighted by atomic mass is 32.2. The Bertz CT molecular complexity index is 488. The number of carbonyl (C=O) groups excluding carboxylic acids is 1. The van der Waals surface area contributed by atoms with E-state index in [4.69, 9.17) is 4.74 Å². The minimum atomic E-state index is -0.295. The molecule has 4 nitrogen and oxygen atoms in total. The van der Waals surface area contributed by atoms with Crippen molar-refractivity contribution < 1.29 is 9.53 Å². The van der Waals surface area contributed by atoms with Crippen LogP contribution >= 0.6 is 11.8 Å².